The summed E-state index contributed by atoms with van der Waals surface area (Å²) in [6, 6.07) is 7.34. The minimum atomic E-state index is -0.300. The van der Waals surface area contributed by atoms with Crippen LogP contribution in [0.4, 0.5) is 4.39 Å². The molecule has 0 fully saturated rings. The average Bonchev–Trinajstić information content (AvgIpc) is 2.22. The highest BCUT2D eigenvalue weighted by Gasteiger charge is 1.99. The number of hydrogen-bond donors (Lipinski definition) is 0. The average molecular weight is 269 g/mol. The summed E-state index contributed by atoms with van der Waals surface area (Å²) in [5, 5.41) is 0. The lowest BCUT2D eigenvalue weighted by molar-refractivity contribution is 0.459. The fourth-order valence-corrected chi connectivity index (χ4v) is 1.28. The van der Waals surface area contributed by atoms with Crippen LogP contribution < -0.4 is 4.74 Å². The van der Waals surface area contributed by atoms with Crippen molar-refractivity contribution < 1.29 is 9.13 Å². The second-order valence-electron chi connectivity index (χ2n) is 2.73. The van der Waals surface area contributed by atoms with Crippen molar-refractivity contribution in [3.63, 3.8) is 0 Å². The predicted molar refractivity (Wildman–Crippen MR) is 56.2 cm³/mol. The Morgan fingerprint density at radius 1 is 1.13 bits per heavy atom. The van der Waals surface area contributed by atoms with Gasteiger partial charge < -0.3 is 4.74 Å². The molecule has 1 aromatic carbocycles. The van der Waals surface area contributed by atoms with Crippen LogP contribution in [0.3, 0.4) is 0 Å². The van der Waals surface area contributed by atoms with Crippen molar-refractivity contribution in [3.05, 3.63) is 47.1 Å². The molecule has 0 radical (unpaired) electrons. The predicted octanol–water partition coefficient (Wildman–Crippen LogP) is 3.17. The van der Waals surface area contributed by atoms with Crippen molar-refractivity contribution in [2.24, 2.45) is 0 Å². The standard InChI is InChI=1S/C10H6BrFN2O/c11-9-5-10(14-6-13-9)15-8-3-1-7(12)2-4-8/h1-6H. The molecule has 0 amide bonds. The molecule has 0 aliphatic carbocycles. The van der Waals surface area contributed by atoms with Gasteiger partial charge in [0.2, 0.25) is 5.88 Å². The summed E-state index contributed by atoms with van der Waals surface area (Å²) in [5.74, 6) is 0.636. The summed E-state index contributed by atoms with van der Waals surface area (Å²) in [7, 11) is 0. The maximum absolute atomic E-state index is 12.6. The van der Waals surface area contributed by atoms with Gasteiger partial charge >= 0.3 is 0 Å². The van der Waals surface area contributed by atoms with E-state index in [2.05, 4.69) is 25.9 Å². The van der Waals surface area contributed by atoms with Crippen molar-refractivity contribution in [3.8, 4) is 11.6 Å². The minimum Gasteiger partial charge on any atom is -0.439 e. The third-order valence-corrected chi connectivity index (χ3v) is 2.08. The summed E-state index contributed by atoms with van der Waals surface area (Å²) < 4.78 is 18.6. The van der Waals surface area contributed by atoms with E-state index in [9.17, 15) is 4.39 Å². The molecule has 0 unspecified atom stereocenters. The van der Waals surface area contributed by atoms with Crippen LogP contribution in [0.15, 0.2) is 41.3 Å². The summed E-state index contributed by atoms with van der Waals surface area (Å²) in [5.41, 5.74) is 0. The van der Waals surface area contributed by atoms with E-state index >= 15 is 0 Å². The number of rotatable bonds is 2. The zero-order valence-corrected chi connectivity index (χ0v) is 9.11. The van der Waals surface area contributed by atoms with E-state index in [0.717, 1.165) is 0 Å². The maximum Gasteiger partial charge on any atom is 0.223 e. The van der Waals surface area contributed by atoms with Gasteiger partial charge in [-0.2, -0.15) is 0 Å². The summed E-state index contributed by atoms with van der Waals surface area (Å²) in [6.45, 7) is 0. The van der Waals surface area contributed by atoms with E-state index < -0.39 is 0 Å². The van der Waals surface area contributed by atoms with Gasteiger partial charge in [-0.05, 0) is 40.2 Å². The zero-order valence-electron chi connectivity index (χ0n) is 7.52. The highest BCUT2D eigenvalue weighted by molar-refractivity contribution is 9.10. The molecule has 0 saturated heterocycles. The van der Waals surface area contributed by atoms with Crippen LogP contribution in [-0.4, -0.2) is 9.97 Å². The number of benzene rings is 1. The number of hydrogen-bond acceptors (Lipinski definition) is 3. The molecule has 1 aromatic heterocycles. The Morgan fingerprint density at radius 2 is 1.87 bits per heavy atom. The largest absolute Gasteiger partial charge is 0.439 e. The third-order valence-electron chi connectivity index (χ3n) is 1.64. The molecule has 0 atom stereocenters. The number of aromatic nitrogens is 2. The second-order valence-corrected chi connectivity index (χ2v) is 3.55. The van der Waals surface area contributed by atoms with E-state index in [-0.39, 0.29) is 5.82 Å². The maximum atomic E-state index is 12.6. The minimum absolute atomic E-state index is 0.300. The van der Waals surface area contributed by atoms with Crippen molar-refractivity contribution in [1.29, 1.82) is 0 Å². The fraction of sp³-hybridized carbons (Fsp3) is 0. The van der Waals surface area contributed by atoms with Gasteiger partial charge in [-0.15, -0.1) is 0 Å². The van der Waals surface area contributed by atoms with Crippen LogP contribution >= 0.6 is 15.9 Å². The Morgan fingerprint density at radius 3 is 2.53 bits per heavy atom. The second kappa shape index (κ2) is 4.35. The number of nitrogens with zero attached hydrogens (tertiary/aromatic N) is 2. The Balaban J connectivity index is 2.18. The molecule has 2 rings (SSSR count). The van der Waals surface area contributed by atoms with Crippen LogP contribution in [-0.2, 0) is 0 Å². The topological polar surface area (TPSA) is 35.0 Å². The van der Waals surface area contributed by atoms with E-state index in [1.165, 1.54) is 30.6 Å². The zero-order chi connectivity index (χ0) is 10.7. The molecule has 0 N–H and O–H groups in total. The Kier molecular flexibility index (Phi) is 2.91. The van der Waals surface area contributed by atoms with Crippen LogP contribution in [0, 0.1) is 5.82 Å². The molecule has 0 bridgehead atoms. The van der Waals surface area contributed by atoms with Gasteiger partial charge in [0.15, 0.2) is 0 Å². The SMILES string of the molecule is Fc1ccc(Oc2cc(Br)ncn2)cc1. The van der Waals surface area contributed by atoms with Gasteiger partial charge in [-0.25, -0.2) is 14.4 Å². The summed E-state index contributed by atoms with van der Waals surface area (Å²) in [4.78, 5) is 7.76. The number of halogens is 2. The van der Waals surface area contributed by atoms with Gasteiger partial charge in [0.1, 0.15) is 22.5 Å². The normalized spacial score (nSPS) is 10.0. The highest BCUT2D eigenvalue weighted by Crippen LogP contribution is 2.20. The van der Waals surface area contributed by atoms with Crippen LogP contribution in [0.2, 0.25) is 0 Å². The Labute approximate surface area is 94.1 Å². The van der Waals surface area contributed by atoms with Gasteiger partial charge in [0, 0.05) is 6.07 Å². The van der Waals surface area contributed by atoms with Crippen LogP contribution in [0.1, 0.15) is 0 Å². The van der Waals surface area contributed by atoms with Gasteiger partial charge in [-0.1, -0.05) is 0 Å². The first kappa shape index (κ1) is 10.0. The van der Waals surface area contributed by atoms with Crippen molar-refractivity contribution >= 4 is 15.9 Å². The van der Waals surface area contributed by atoms with Gasteiger partial charge in [0.25, 0.3) is 0 Å². The highest BCUT2D eigenvalue weighted by atomic mass is 79.9. The van der Waals surface area contributed by atoms with Crippen molar-refractivity contribution in [2.75, 3.05) is 0 Å². The lowest BCUT2D eigenvalue weighted by Gasteiger charge is -2.03. The van der Waals surface area contributed by atoms with Crippen LogP contribution in [0.25, 0.3) is 0 Å². The molecule has 0 aliphatic heterocycles. The molecule has 2 aromatic rings. The molecular formula is C10H6BrFN2O. The number of ether oxygens (including phenoxy) is 1. The lowest BCUT2D eigenvalue weighted by Crippen LogP contribution is -1.88. The lowest BCUT2D eigenvalue weighted by atomic mass is 10.3. The van der Waals surface area contributed by atoms with E-state index in [0.29, 0.717) is 16.2 Å². The third kappa shape index (κ3) is 2.73. The molecule has 0 saturated carbocycles. The van der Waals surface area contributed by atoms with Crippen molar-refractivity contribution in [1.82, 2.24) is 9.97 Å². The monoisotopic (exact) mass is 268 g/mol. The Bertz CT molecular complexity index is 461. The molecule has 0 spiro atoms. The van der Waals surface area contributed by atoms with Gasteiger partial charge in [-0.3, -0.25) is 0 Å². The molecule has 1 heterocycles. The quantitative estimate of drug-likeness (QED) is 0.785. The first-order chi connectivity index (χ1) is 7.24. The summed E-state index contributed by atoms with van der Waals surface area (Å²) >= 11 is 3.20. The molecule has 15 heavy (non-hydrogen) atoms. The summed E-state index contributed by atoms with van der Waals surface area (Å²) in [6.07, 6.45) is 1.38. The fourth-order valence-electron chi connectivity index (χ4n) is 0.997. The molecule has 5 heteroatoms. The molecular weight excluding hydrogens is 263 g/mol. The van der Waals surface area contributed by atoms with E-state index in [1.807, 2.05) is 0 Å². The first-order valence-corrected chi connectivity index (χ1v) is 4.94. The molecule has 3 nitrogen and oxygen atoms in total. The smallest absolute Gasteiger partial charge is 0.223 e. The Hall–Kier alpha value is -1.49. The first-order valence-electron chi connectivity index (χ1n) is 4.15. The van der Waals surface area contributed by atoms with Gasteiger partial charge in [0.05, 0.1) is 0 Å². The molecule has 0 aliphatic rings. The van der Waals surface area contributed by atoms with E-state index in [1.54, 1.807) is 6.07 Å². The van der Waals surface area contributed by atoms with Crippen LogP contribution in [0.5, 0.6) is 11.6 Å². The molecule has 76 valence electrons. The van der Waals surface area contributed by atoms with Crippen molar-refractivity contribution in [2.45, 2.75) is 0 Å². The van der Waals surface area contributed by atoms with E-state index in [4.69, 9.17) is 4.74 Å².